The van der Waals surface area contributed by atoms with Crippen LogP contribution in [0.1, 0.15) is 43.6 Å². The molecule has 0 radical (unpaired) electrons. The fourth-order valence-electron chi connectivity index (χ4n) is 5.71. The van der Waals surface area contributed by atoms with E-state index in [1.807, 2.05) is 10.6 Å². The van der Waals surface area contributed by atoms with Crippen molar-refractivity contribution < 1.29 is 68.2 Å². The summed E-state index contributed by atoms with van der Waals surface area (Å²) in [6, 6.07) is 3.96. The van der Waals surface area contributed by atoms with E-state index in [4.69, 9.17) is 16.3 Å². The van der Waals surface area contributed by atoms with Gasteiger partial charge in [0, 0.05) is 17.1 Å². The molecule has 2 unspecified atom stereocenters. The summed E-state index contributed by atoms with van der Waals surface area (Å²) in [6.45, 7) is 0.548. The van der Waals surface area contributed by atoms with Gasteiger partial charge in [0.2, 0.25) is 17.6 Å². The minimum atomic E-state index is -5.10. The van der Waals surface area contributed by atoms with E-state index >= 15 is 8.78 Å². The Balaban J connectivity index is 1.96. The average Bonchev–Trinajstić information content (AvgIpc) is 3.53. The molecule has 0 bridgehead atoms. The summed E-state index contributed by atoms with van der Waals surface area (Å²) in [5, 5.41) is 3.21. The third-order valence-electron chi connectivity index (χ3n) is 8.48. The van der Waals surface area contributed by atoms with E-state index in [2.05, 4.69) is 0 Å². The largest absolute Gasteiger partial charge is 0.772 e. The molecule has 1 fully saturated rings. The Labute approximate surface area is 311 Å². The van der Waals surface area contributed by atoms with E-state index < -0.39 is 119 Å². The lowest BCUT2D eigenvalue weighted by atomic mass is 9.93. The van der Waals surface area contributed by atoms with Crippen LogP contribution in [-0.2, 0) is 41.0 Å². The fourth-order valence-corrected chi connectivity index (χ4v) is 6.79. The smallest absolute Gasteiger partial charge is 0.405 e. The lowest BCUT2D eigenvalue weighted by molar-refractivity contribution is -0.165. The maximum atomic E-state index is 15.1. The number of benzene rings is 2. The van der Waals surface area contributed by atoms with Crippen molar-refractivity contribution in [1.29, 1.82) is 0 Å². The van der Waals surface area contributed by atoms with Crippen molar-refractivity contribution in [3.63, 3.8) is 0 Å². The second-order valence-electron chi connectivity index (χ2n) is 12.7. The third-order valence-corrected chi connectivity index (χ3v) is 9.79. The molecule has 3 N–H and O–H groups in total. The molecular formula is C33H35ClF7N4O8S-. The molecule has 3 rings (SSSR count). The Hall–Kier alpha value is -4.30. The molecule has 0 aliphatic carbocycles. The topological polar surface area (TPSA) is 174 Å². The zero-order chi connectivity index (χ0) is 40.9. The van der Waals surface area contributed by atoms with Gasteiger partial charge in [-0.05, 0) is 66.1 Å². The van der Waals surface area contributed by atoms with Gasteiger partial charge in [0.25, 0.3) is 11.8 Å². The molecule has 1 saturated heterocycles. The molecule has 0 saturated carbocycles. The maximum Gasteiger partial charge on any atom is 0.405 e. The molecule has 1 aliphatic heterocycles. The molecule has 298 valence electrons. The molecular weight excluding hydrogens is 781 g/mol. The Bertz CT molecular complexity index is 1750. The summed E-state index contributed by atoms with van der Waals surface area (Å²) in [5.41, 5.74) is -0.649. The summed E-state index contributed by atoms with van der Waals surface area (Å²) < 4.78 is 128. The van der Waals surface area contributed by atoms with Crippen LogP contribution in [-0.4, -0.2) is 93.5 Å². The number of carbonyl (C=O) groups is 5. The number of likely N-dealkylation sites (tertiary alicyclic amines) is 1. The van der Waals surface area contributed by atoms with Crippen molar-refractivity contribution in [3.05, 3.63) is 64.7 Å². The van der Waals surface area contributed by atoms with Crippen LogP contribution in [0.4, 0.5) is 30.7 Å². The first kappa shape index (κ1) is 44.1. The number of nitrogens with zero attached hydrogens (tertiary/aromatic N) is 1. The summed E-state index contributed by atoms with van der Waals surface area (Å²) >= 11 is 2.84. The second-order valence-corrected chi connectivity index (χ2v) is 14.2. The van der Waals surface area contributed by atoms with Gasteiger partial charge >= 0.3 is 18.0 Å². The van der Waals surface area contributed by atoms with Crippen LogP contribution in [0.3, 0.4) is 0 Å². The second kappa shape index (κ2) is 17.4. The summed E-state index contributed by atoms with van der Waals surface area (Å²) in [7, 11) is 1.35. The summed E-state index contributed by atoms with van der Waals surface area (Å²) in [4.78, 5) is 65.8. The molecule has 4 amide bonds. The van der Waals surface area contributed by atoms with Crippen molar-refractivity contribution in [3.8, 4) is 5.75 Å². The maximum absolute atomic E-state index is 15.1. The van der Waals surface area contributed by atoms with Gasteiger partial charge in [-0.15, -0.1) is 0 Å². The Morgan fingerprint density at radius 1 is 0.963 bits per heavy atom. The van der Waals surface area contributed by atoms with Gasteiger partial charge in [0.15, 0.2) is 0 Å². The molecule has 1 aliphatic rings. The molecule has 2 aromatic rings. The number of hydrogen-bond donors (Lipinski definition) is 3. The normalized spacial score (nSPS) is 18.7. The van der Waals surface area contributed by atoms with Crippen molar-refractivity contribution in [1.82, 2.24) is 20.9 Å². The van der Waals surface area contributed by atoms with Gasteiger partial charge in [-0.2, -0.15) is 30.7 Å². The van der Waals surface area contributed by atoms with Gasteiger partial charge in [0.05, 0.1) is 18.4 Å². The molecule has 0 spiro atoms. The van der Waals surface area contributed by atoms with Gasteiger partial charge in [-0.3, -0.25) is 28.2 Å². The predicted octanol–water partition coefficient (Wildman–Crippen LogP) is 3.81. The van der Waals surface area contributed by atoms with Crippen molar-refractivity contribution in [2.45, 2.75) is 68.6 Å². The van der Waals surface area contributed by atoms with E-state index in [0.29, 0.717) is 5.75 Å². The number of carbonyl (C=O) groups excluding carboxylic acids is 5. The number of halogens is 8. The van der Waals surface area contributed by atoms with Crippen LogP contribution >= 0.6 is 11.6 Å². The molecule has 12 nitrogen and oxygen atoms in total. The highest BCUT2D eigenvalue weighted by Gasteiger charge is 2.53. The number of Topliss-reactive ketones (excluding diaryl/α,β-unsaturated/α-hetero) is 1. The molecule has 6 atom stereocenters. The minimum Gasteiger partial charge on any atom is -0.772 e. The number of hydrogen-bond acceptors (Lipinski definition) is 8. The van der Waals surface area contributed by atoms with Gasteiger partial charge in [-0.25, -0.2) is 0 Å². The predicted molar refractivity (Wildman–Crippen MR) is 177 cm³/mol. The standard InChI is InChI=1S/C33H36ClF7N4O8S/c1-16(2)24(26(46)33(40,41)29(49)42-15-31(35,36)37)44-27(47)23-12-19(25(54(51)52)18-8-10-22(53-4)11-9-18)14-45(23)28(48)17(3)43-30(50)32(38,39)20-6-5-7-21(34)13-20/h5-11,13,16-17,19,23-25H,12,14-15H2,1-4H3,(H,42,49)(H,43,50)(H,44,47)(H,51,52)/p-1/t17-,19+,23-,24-,25?/m0/s1. The molecule has 0 aromatic heterocycles. The number of alkyl halides is 7. The van der Waals surface area contributed by atoms with Gasteiger partial charge < -0.3 is 30.1 Å². The minimum absolute atomic E-state index is 0.124. The highest BCUT2D eigenvalue weighted by atomic mass is 35.5. The molecule has 54 heavy (non-hydrogen) atoms. The number of ether oxygens (including phenoxy) is 1. The first-order chi connectivity index (χ1) is 24.9. The van der Waals surface area contributed by atoms with E-state index in [1.54, 1.807) is 0 Å². The molecule has 2 aromatic carbocycles. The number of nitrogens with one attached hydrogen (secondary N) is 3. The van der Waals surface area contributed by atoms with Crippen LogP contribution in [0, 0.1) is 11.8 Å². The van der Waals surface area contributed by atoms with Crippen LogP contribution in [0.2, 0.25) is 5.02 Å². The van der Waals surface area contributed by atoms with E-state index in [9.17, 15) is 54.7 Å². The van der Waals surface area contributed by atoms with Crippen LogP contribution in [0.25, 0.3) is 0 Å². The zero-order valence-corrected chi connectivity index (χ0v) is 30.4. The molecule has 21 heteroatoms. The third kappa shape index (κ3) is 10.5. The SMILES string of the molecule is COc1ccc(C([C@@H]2C[C@@H](C(=O)N[C@H](C(=O)C(F)(F)C(=O)NCC(F)(F)F)C(C)C)N(C(=O)[C@H](C)NC(=O)C(F)(F)c3cccc(Cl)c3)C2)S(=O)[O-])cc1. The molecule has 1 heterocycles. The first-order valence-corrected chi connectivity index (χ1v) is 17.5. The number of methoxy groups -OCH3 is 1. The number of rotatable bonds is 15. The lowest BCUT2D eigenvalue weighted by Crippen LogP contribution is -2.60. The average molecular weight is 816 g/mol. The van der Waals surface area contributed by atoms with Crippen LogP contribution in [0.5, 0.6) is 5.75 Å². The zero-order valence-electron chi connectivity index (χ0n) is 28.8. The van der Waals surface area contributed by atoms with Crippen LogP contribution in [0.15, 0.2) is 48.5 Å². The van der Waals surface area contributed by atoms with Gasteiger partial charge in [-0.1, -0.05) is 49.7 Å². The van der Waals surface area contributed by atoms with Crippen molar-refractivity contribution in [2.24, 2.45) is 11.8 Å². The Morgan fingerprint density at radius 3 is 2.09 bits per heavy atom. The quantitative estimate of drug-likeness (QED) is 0.138. The Morgan fingerprint density at radius 2 is 1.57 bits per heavy atom. The number of ketones is 1. The van der Waals surface area contributed by atoms with Crippen LogP contribution < -0.4 is 20.7 Å². The van der Waals surface area contributed by atoms with Crippen molar-refractivity contribution in [2.75, 3.05) is 20.2 Å². The van der Waals surface area contributed by atoms with Gasteiger partial charge in [0.1, 0.15) is 24.4 Å². The summed E-state index contributed by atoms with van der Waals surface area (Å²) in [6.07, 6.45) is -5.61. The van der Waals surface area contributed by atoms with E-state index in [-0.39, 0.29) is 10.6 Å². The lowest BCUT2D eigenvalue weighted by Gasteiger charge is -2.31. The highest BCUT2D eigenvalue weighted by molar-refractivity contribution is 7.79. The Kier molecular flexibility index (Phi) is 14.2. The first-order valence-electron chi connectivity index (χ1n) is 16.0. The van der Waals surface area contributed by atoms with Crippen molar-refractivity contribution >= 4 is 52.1 Å². The van der Waals surface area contributed by atoms with E-state index in [1.165, 1.54) is 37.4 Å². The monoisotopic (exact) mass is 815 g/mol. The highest BCUT2D eigenvalue weighted by Crippen LogP contribution is 2.38. The summed E-state index contributed by atoms with van der Waals surface area (Å²) in [5.74, 6) is -20.7. The fraction of sp³-hybridized carbons (Fsp3) is 0.485. The van der Waals surface area contributed by atoms with E-state index in [0.717, 1.165) is 49.2 Å². The number of amides is 4.